The van der Waals surface area contributed by atoms with Crippen molar-refractivity contribution in [2.75, 3.05) is 0 Å². The van der Waals surface area contributed by atoms with Gasteiger partial charge in [0.05, 0.1) is 5.56 Å². The van der Waals surface area contributed by atoms with Crippen LogP contribution in [0.3, 0.4) is 0 Å². The Balaban J connectivity index is 2.04. The van der Waals surface area contributed by atoms with E-state index in [0.717, 1.165) is 5.56 Å². The first kappa shape index (κ1) is 12.2. The minimum Gasteiger partial charge on any atom is -0.508 e. The van der Waals surface area contributed by atoms with Gasteiger partial charge >= 0.3 is 5.97 Å². The molecule has 1 aliphatic heterocycles. The number of phenolic OH excluding ortho intramolecular Hbond substituents is 2. The standard InChI is InChI=1S/C15H10O5/c16-10-3-1-8(2-4-10)5-9-6-11(17)7-12-13(9)14(18)15(19)20-12/h1-4,6-7,16-17H,5H2. The minimum atomic E-state index is -0.933. The van der Waals surface area contributed by atoms with E-state index in [0.29, 0.717) is 12.0 Å². The van der Waals surface area contributed by atoms with E-state index in [1.807, 2.05) is 0 Å². The normalized spacial score (nSPS) is 13.2. The van der Waals surface area contributed by atoms with Crippen molar-refractivity contribution in [1.82, 2.24) is 0 Å². The monoisotopic (exact) mass is 270 g/mol. The molecular formula is C15H10O5. The van der Waals surface area contributed by atoms with Gasteiger partial charge in [-0.15, -0.1) is 0 Å². The molecule has 0 fully saturated rings. The van der Waals surface area contributed by atoms with Gasteiger partial charge in [-0.1, -0.05) is 12.1 Å². The summed E-state index contributed by atoms with van der Waals surface area (Å²) in [6, 6.07) is 9.15. The summed E-state index contributed by atoms with van der Waals surface area (Å²) in [6.07, 6.45) is 0.347. The molecule has 0 amide bonds. The molecule has 0 unspecified atom stereocenters. The molecule has 0 atom stereocenters. The number of phenols is 2. The Hall–Kier alpha value is -2.82. The lowest BCUT2D eigenvalue weighted by Crippen LogP contribution is -2.11. The molecule has 0 bridgehead atoms. The molecular weight excluding hydrogens is 260 g/mol. The second kappa shape index (κ2) is 4.38. The highest BCUT2D eigenvalue weighted by Gasteiger charge is 2.33. The lowest BCUT2D eigenvalue weighted by Gasteiger charge is -2.07. The Morgan fingerprint density at radius 3 is 2.35 bits per heavy atom. The average Bonchev–Trinajstić information content (AvgIpc) is 2.67. The molecule has 0 aliphatic carbocycles. The van der Waals surface area contributed by atoms with Gasteiger partial charge in [0.15, 0.2) is 0 Å². The average molecular weight is 270 g/mol. The topological polar surface area (TPSA) is 83.8 Å². The third-order valence-electron chi connectivity index (χ3n) is 3.11. The molecule has 20 heavy (non-hydrogen) atoms. The van der Waals surface area contributed by atoms with Crippen molar-refractivity contribution in [3.63, 3.8) is 0 Å². The summed E-state index contributed by atoms with van der Waals surface area (Å²) in [5, 5.41) is 18.9. The lowest BCUT2D eigenvalue weighted by atomic mass is 9.97. The van der Waals surface area contributed by atoms with E-state index in [1.165, 1.54) is 24.3 Å². The van der Waals surface area contributed by atoms with Gasteiger partial charge in [0.2, 0.25) is 0 Å². The molecule has 0 saturated heterocycles. The number of Topliss-reactive ketones (excluding diaryl/α,β-unsaturated/α-hetero) is 1. The van der Waals surface area contributed by atoms with Gasteiger partial charge in [0, 0.05) is 6.07 Å². The van der Waals surface area contributed by atoms with Crippen LogP contribution in [0.25, 0.3) is 0 Å². The predicted molar refractivity (Wildman–Crippen MR) is 69.0 cm³/mol. The van der Waals surface area contributed by atoms with Gasteiger partial charge in [0.1, 0.15) is 17.2 Å². The number of ketones is 1. The van der Waals surface area contributed by atoms with Crippen LogP contribution in [0.15, 0.2) is 36.4 Å². The number of carbonyl (C=O) groups excluding carboxylic acids is 2. The summed E-state index contributed by atoms with van der Waals surface area (Å²) in [5.41, 5.74) is 1.55. The van der Waals surface area contributed by atoms with Crippen LogP contribution in [0.4, 0.5) is 0 Å². The van der Waals surface area contributed by atoms with Crippen LogP contribution in [-0.2, 0) is 11.2 Å². The molecule has 0 saturated carbocycles. The predicted octanol–water partition coefficient (Wildman–Crippen LogP) is 1.79. The summed E-state index contributed by atoms with van der Waals surface area (Å²) < 4.78 is 4.81. The lowest BCUT2D eigenvalue weighted by molar-refractivity contribution is -0.128. The maximum atomic E-state index is 11.8. The molecule has 2 N–H and O–H groups in total. The molecule has 1 heterocycles. The van der Waals surface area contributed by atoms with E-state index in [9.17, 15) is 19.8 Å². The first-order valence-corrected chi connectivity index (χ1v) is 5.95. The van der Waals surface area contributed by atoms with Crippen molar-refractivity contribution in [2.45, 2.75) is 6.42 Å². The maximum Gasteiger partial charge on any atom is 0.385 e. The van der Waals surface area contributed by atoms with Gasteiger partial charge < -0.3 is 14.9 Å². The third kappa shape index (κ3) is 1.99. The van der Waals surface area contributed by atoms with Crippen LogP contribution >= 0.6 is 0 Å². The highest BCUT2D eigenvalue weighted by Crippen LogP contribution is 2.34. The zero-order chi connectivity index (χ0) is 14.3. The van der Waals surface area contributed by atoms with E-state index < -0.39 is 11.8 Å². The van der Waals surface area contributed by atoms with Gasteiger partial charge in [-0.05, 0) is 35.7 Å². The van der Waals surface area contributed by atoms with Crippen molar-refractivity contribution in [3.8, 4) is 17.2 Å². The SMILES string of the molecule is O=C1Oc2cc(O)cc(Cc3ccc(O)cc3)c2C1=O. The highest BCUT2D eigenvalue weighted by molar-refractivity contribution is 6.44. The molecule has 5 heteroatoms. The molecule has 100 valence electrons. The molecule has 1 aliphatic rings. The Labute approximate surface area is 114 Å². The molecule has 0 aromatic heterocycles. The van der Waals surface area contributed by atoms with E-state index in [2.05, 4.69) is 0 Å². The van der Waals surface area contributed by atoms with Gasteiger partial charge in [-0.2, -0.15) is 0 Å². The summed E-state index contributed by atoms with van der Waals surface area (Å²) in [6.45, 7) is 0. The summed E-state index contributed by atoms with van der Waals surface area (Å²) in [5.74, 6) is -1.47. The number of esters is 1. The number of hydrogen-bond acceptors (Lipinski definition) is 5. The fraction of sp³-hybridized carbons (Fsp3) is 0.0667. The number of benzene rings is 2. The van der Waals surface area contributed by atoms with Crippen LogP contribution in [0.5, 0.6) is 17.2 Å². The van der Waals surface area contributed by atoms with E-state index in [1.54, 1.807) is 12.1 Å². The van der Waals surface area contributed by atoms with Crippen LogP contribution in [0.2, 0.25) is 0 Å². The molecule has 5 nitrogen and oxygen atoms in total. The van der Waals surface area contributed by atoms with Crippen molar-refractivity contribution in [1.29, 1.82) is 0 Å². The first-order valence-electron chi connectivity index (χ1n) is 5.95. The quantitative estimate of drug-likeness (QED) is 0.494. The first-order chi connectivity index (χ1) is 9.54. The molecule has 2 aromatic rings. The van der Waals surface area contributed by atoms with Crippen LogP contribution in [-0.4, -0.2) is 22.0 Å². The fourth-order valence-corrected chi connectivity index (χ4v) is 2.22. The van der Waals surface area contributed by atoms with Crippen molar-refractivity contribution in [2.24, 2.45) is 0 Å². The maximum absolute atomic E-state index is 11.8. The molecule has 3 rings (SSSR count). The zero-order valence-corrected chi connectivity index (χ0v) is 10.3. The Bertz CT molecular complexity index is 716. The Kier molecular flexibility index (Phi) is 2.68. The van der Waals surface area contributed by atoms with Crippen molar-refractivity contribution >= 4 is 11.8 Å². The van der Waals surface area contributed by atoms with Crippen molar-refractivity contribution in [3.05, 3.63) is 53.1 Å². The van der Waals surface area contributed by atoms with Crippen LogP contribution in [0.1, 0.15) is 21.5 Å². The number of ether oxygens (including phenoxy) is 1. The highest BCUT2D eigenvalue weighted by atomic mass is 16.5. The minimum absolute atomic E-state index is 0.0694. The van der Waals surface area contributed by atoms with Crippen molar-refractivity contribution < 1.29 is 24.5 Å². The molecule has 0 spiro atoms. The van der Waals surface area contributed by atoms with E-state index >= 15 is 0 Å². The second-order valence-corrected chi connectivity index (χ2v) is 4.54. The molecule has 0 radical (unpaired) electrons. The largest absolute Gasteiger partial charge is 0.508 e. The number of hydrogen-bond donors (Lipinski definition) is 2. The smallest absolute Gasteiger partial charge is 0.385 e. The second-order valence-electron chi connectivity index (χ2n) is 4.54. The number of rotatable bonds is 2. The molecule has 2 aromatic carbocycles. The number of aromatic hydroxyl groups is 2. The summed E-state index contributed by atoms with van der Waals surface area (Å²) in [4.78, 5) is 23.1. The number of fused-ring (bicyclic) bond motifs is 1. The fourth-order valence-electron chi connectivity index (χ4n) is 2.22. The van der Waals surface area contributed by atoms with Crippen LogP contribution in [0, 0.1) is 0 Å². The van der Waals surface area contributed by atoms with Gasteiger partial charge in [-0.3, -0.25) is 4.79 Å². The van der Waals surface area contributed by atoms with E-state index in [-0.39, 0.29) is 22.8 Å². The summed E-state index contributed by atoms with van der Waals surface area (Å²) >= 11 is 0. The van der Waals surface area contributed by atoms with Gasteiger partial charge in [0.25, 0.3) is 5.78 Å². The van der Waals surface area contributed by atoms with Gasteiger partial charge in [-0.25, -0.2) is 4.79 Å². The Morgan fingerprint density at radius 1 is 0.950 bits per heavy atom. The third-order valence-corrected chi connectivity index (χ3v) is 3.11. The Morgan fingerprint density at radius 2 is 1.65 bits per heavy atom. The summed E-state index contributed by atoms with van der Waals surface area (Å²) in [7, 11) is 0. The number of carbonyl (C=O) groups is 2. The zero-order valence-electron chi connectivity index (χ0n) is 10.3. The van der Waals surface area contributed by atoms with Crippen LogP contribution < -0.4 is 4.74 Å². The van der Waals surface area contributed by atoms with E-state index in [4.69, 9.17) is 4.74 Å².